The van der Waals surface area contributed by atoms with Crippen LogP contribution in [0.3, 0.4) is 0 Å². The third-order valence-electron chi connectivity index (χ3n) is 3.76. The molecule has 0 amide bonds. The van der Waals surface area contributed by atoms with E-state index >= 15 is 0 Å². The first-order valence-corrected chi connectivity index (χ1v) is 7.54. The lowest BCUT2D eigenvalue weighted by Gasteiger charge is -2.47. The second-order valence-corrected chi connectivity index (χ2v) is 6.55. The van der Waals surface area contributed by atoms with Crippen molar-refractivity contribution in [1.82, 2.24) is 4.90 Å². The number of likely N-dealkylation sites (tertiary alicyclic amines) is 1. The molecule has 1 heterocycles. The molecule has 126 valence electrons. The van der Waals surface area contributed by atoms with Gasteiger partial charge in [0.15, 0.2) is 0 Å². The van der Waals surface area contributed by atoms with Crippen molar-refractivity contribution < 1.29 is 17.9 Å². The molecule has 5 heteroatoms. The zero-order valence-electron chi connectivity index (χ0n) is 13.8. The van der Waals surface area contributed by atoms with E-state index < -0.39 is 12.5 Å². The molecule has 0 aliphatic carbocycles. The largest absolute Gasteiger partial charge is 0.522 e. The maximum Gasteiger partial charge on any atom is 0.522 e. The lowest BCUT2D eigenvalue weighted by atomic mass is 9.89. The highest BCUT2D eigenvalue weighted by Crippen LogP contribution is 2.33. The smallest absolute Gasteiger partial charge is 0.291 e. The van der Waals surface area contributed by atoms with Crippen LogP contribution in [0.1, 0.15) is 40.5 Å². The topological polar surface area (TPSA) is 12.5 Å². The molecule has 0 aromatic rings. The quantitative estimate of drug-likeness (QED) is 0.688. The molecule has 0 aromatic heterocycles. The summed E-state index contributed by atoms with van der Waals surface area (Å²) >= 11 is 0. The first-order valence-electron chi connectivity index (χ1n) is 7.54. The van der Waals surface area contributed by atoms with Crippen molar-refractivity contribution in [1.29, 1.82) is 0 Å². The summed E-state index contributed by atoms with van der Waals surface area (Å²) in [6.07, 6.45) is 2.77. The molecule has 0 radical (unpaired) electrons. The first kappa shape index (κ1) is 19.0. The summed E-state index contributed by atoms with van der Waals surface area (Å²) in [6, 6.07) is -0.150. The van der Waals surface area contributed by atoms with Crippen LogP contribution in [-0.2, 0) is 4.74 Å². The van der Waals surface area contributed by atoms with Gasteiger partial charge in [0.25, 0.3) is 0 Å². The number of ether oxygens (including phenoxy) is 1. The van der Waals surface area contributed by atoms with Crippen molar-refractivity contribution in [2.24, 2.45) is 0 Å². The SMILES string of the molecule is C=C(/C=C\C=C/C)[C@H]1C[C@@H](OC(F)(F)F)CCN1C(C)(C)C. The van der Waals surface area contributed by atoms with E-state index in [0.717, 1.165) is 5.57 Å². The molecule has 22 heavy (non-hydrogen) atoms. The lowest BCUT2D eigenvalue weighted by Crippen LogP contribution is -2.54. The summed E-state index contributed by atoms with van der Waals surface area (Å²) in [7, 11) is 0. The van der Waals surface area contributed by atoms with E-state index in [1.807, 2.05) is 31.2 Å². The second-order valence-electron chi connectivity index (χ2n) is 6.55. The van der Waals surface area contributed by atoms with Crippen molar-refractivity contribution in [2.75, 3.05) is 6.54 Å². The predicted molar refractivity (Wildman–Crippen MR) is 83.5 cm³/mol. The van der Waals surface area contributed by atoms with E-state index in [1.165, 1.54) is 0 Å². The summed E-state index contributed by atoms with van der Waals surface area (Å²) < 4.78 is 41.6. The summed E-state index contributed by atoms with van der Waals surface area (Å²) in [4.78, 5) is 2.20. The number of allylic oxidation sites excluding steroid dienone is 3. The number of rotatable bonds is 4. The maximum absolute atomic E-state index is 12.5. The zero-order valence-corrected chi connectivity index (χ0v) is 13.8. The molecule has 2 nitrogen and oxygen atoms in total. The van der Waals surface area contributed by atoms with Crippen molar-refractivity contribution in [3.8, 4) is 0 Å². The molecule has 1 aliphatic heterocycles. The fourth-order valence-corrected chi connectivity index (χ4v) is 2.78. The molecule has 0 spiro atoms. The van der Waals surface area contributed by atoms with Crippen LogP contribution in [0.5, 0.6) is 0 Å². The van der Waals surface area contributed by atoms with E-state index in [1.54, 1.807) is 0 Å². The third kappa shape index (κ3) is 5.97. The first-order chi connectivity index (χ1) is 10.0. The number of halogens is 3. The van der Waals surface area contributed by atoms with Gasteiger partial charge in [-0.05, 0) is 46.1 Å². The molecule has 0 unspecified atom stereocenters. The average Bonchev–Trinajstić information content (AvgIpc) is 2.35. The van der Waals surface area contributed by atoms with Crippen LogP contribution in [0.2, 0.25) is 0 Å². The normalized spacial score (nSPS) is 25.2. The minimum absolute atomic E-state index is 0.134. The van der Waals surface area contributed by atoms with Gasteiger partial charge in [-0.2, -0.15) is 0 Å². The van der Waals surface area contributed by atoms with E-state index in [9.17, 15) is 13.2 Å². The highest BCUT2D eigenvalue weighted by atomic mass is 19.4. The molecule has 1 fully saturated rings. The van der Waals surface area contributed by atoms with Crippen LogP contribution < -0.4 is 0 Å². The number of alkyl halides is 3. The van der Waals surface area contributed by atoms with Gasteiger partial charge in [0.05, 0.1) is 6.10 Å². The highest BCUT2D eigenvalue weighted by Gasteiger charge is 2.40. The molecule has 0 N–H and O–H groups in total. The average molecular weight is 317 g/mol. The molecule has 0 bridgehead atoms. The standard InChI is InChI=1S/C17H26F3NO/c1-6-7-8-9-13(2)15-12-14(22-17(18,19)20)10-11-21(15)16(3,4)5/h6-9,14-15H,2,10-12H2,1,3-5H3/b7-6-,9-8-/t14-,15+/m0/s1. The Bertz CT molecular complexity index is 432. The van der Waals surface area contributed by atoms with Crippen molar-refractivity contribution in [2.45, 2.75) is 64.6 Å². The van der Waals surface area contributed by atoms with Crippen LogP contribution in [0, 0.1) is 0 Å². The summed E-state index contributed by atoms with van der Waals surface area (Å²) in [5.74, 6) is 0. The Hall–Kier alpha value is -1.07. The van der Waals surface area contributed by atoms with Crippen LogP contribution in [0.15, 0.2) is 36.5 Å². The van der Waals surface area contributed by atoms with Gasteiger partial charge in [-0.25, -0.2) is 0 Å². The Kier molecular flexibility index (Phi) is 6.44. The minimum Gasteiger partial charge on any atom is -0.291 e. The van der Waals surface area contributed by atoms with Crippen molar-refractivity contribution >= 4 is 0 Å². The van der Waals surface area contributed by atoms with Crippen molar-refractivity contribution in [3.05, 3.63) is 36.5 Å². The molecule has 1 aliphatic rings. The Morgan fingerprint density at radius 1 is 1.23 bits per heavy atom. The molecule has 1 rings (SSSR count). The highest BCUT2D eigenvalue weighted by molar-refractivity contribution is 5.26. The molecule has 0 saturated carbocycles. The molecular weight excluding hydrogens is 291 g/mol. The predicted octanol–water partition coefficient (Wildman–Crippen LogP) is 4.84. The van der Waals surface area contributed by atoms with Gasteiger partial charge in [-0.1, -0.05) is 30.9 Å². The second kappa shape index (κ2) is 7.47. The zero-order chi connectivity index (χ0) is 17.0. The Morgan fingerprint density at radius 2 is 1.86 bits per heavy atom. The monoisotopic (exact) mass is 317 g/mol. The number of hydrogen-bond donors (Lipinski definition) is 0. The number of hydrogen-bond acceptors (Lipinski definition) is 2. The van der Waals surface area contributed by atoms with Gasteiger partial charge in [-0.15, -0.1) is 13.2 Å². The van der Waals surface area contributed by atoms with Gasteiger partial charge in [0.1, 0.15) is 0 Å². The van der Waals surface area contributed by atoms with Gasteiger partial charge < -0.3 is 0 Å². The van der Waals surface area contributed by atoms with Crippen LogP contribution in [0.25, 0.3) is 0 Å². The number of piperidine rings is 1. The summed E-state index contributed by atoms with van der Waals surface area (Å²) in [6.45, 7) is 12.7. The molecule has 0 aromatic carbocycles. The van der Waals surface area contributed by atoms with Gasteiger partial charge in [0, 0.05) is 18.1 Å². The lowest BCUT2D eigenvalue weighted by molar-refractivity contribution is -0.347. The van der Waals surface area contributed by atoms with Crippen molar-refractivity contribution in [3.63, 3.8) is 0 Å². The van der Waals surface area contributed by atoms with Gasteiger partial charge in [0.2, 0.25) is 0 Å². The minimum atomic E-state index is -4.58. The fraction of sp³-hybridized carbons (Fsp3) is 0.647. The molecular formula is C17H26F3NO. The number of nitrogens with zero attached hydrogens (tertiary/aromatic N) is 1. The van der Waals surface area contributed by atoms with E-state index in [0.29, 0.717) is 19.4 Å². The van der Waals surface area contributed by atoms with Gasteiger partial charge >= 0.3 is 6.36 Å². The molecule has 2 atom stereocenters. The van der Waals surface area contributed by atoms with E-state index in [2.05, 4.69) is 37.0 Å². The Balaban J connectivity index is 2.89. The van der Waals surface area contributed by atoms with E-state index in [-0.39, 0.29) is 11.6 Å². The Labute approximate surface area is 131 Å². The van der Waals surface area contributed by atoms with Gasteiger partial charge in [-0.3, -0.25) is 9.64 Å². The van der Waals surface area contributed by atoms with Crippen LogP contribution in [-0.4, -0.2) is 35.5 Å². The summed E-state index contributed by atoms with van der Waals surface area (Å²) in [5, 5.41) is 0. The van der Waals surface area contributed by atoms with Crippen LogP contribution >= 0.6 is 0 Å². The summed E-state index contributed by atoms with van der Waals surface area (Å²) in [5.41, 5.74) is 0.675. The van der Waals surface area contributed by atoms with E-state index in [4.69, 9.17) is 0 Å². The third-order valence-corrected chi connectivity index (χ3v) is 3.76. The van der Waals surface area contributed by atoms with Crippen LogP contribution in [0.4, 0.5) is 13.2 Å². The maximum atomic E-state index is 12.5. The fourth-order valence-electron chi connectivity index (χ4n) is 2.78. The molecule has 1 saturated heterocycles. The Morgan fingerprint density at radius 3 is 2.36 bits per heavy atom.